The van der Waals surface area contributed by atoms with Crippen molar-refractivity contribution in [2.45, 2.75) is 57.5 Å². The van der Waals surface area contributed by atoms with Gasteiger partial charge >= 0.3 is 6.36 Å². The molecule has 1 atom stereocenters. The van der Waals surface area contributed by atoms with E-state index in [4.69, 9.17) is 4.74 Å². The molecule has 2 aliphatic heterocycles. The van der Waals surface area contributed by atoms with Gasteiger partial charge in [-0.1, -0.05) is 30.3 Å². The van der Waals surface area contributed by atoms with E-state index in [-0.39, 0.29) is 35.0 Å². The maximum atomic E-state index is 13.2. The van der Waals surface area contributed by atoms with Crippen LogP contribution in [0.25, 0.3) is 0 Å². The zero-order valence-electron chi connectivity index (χ0n) is 23.8. The number of hydrogen-bond donors (Lipinski definition) is 1. The molecular formula is C32H36F3N3O4. The van der Waals surface area contributed by atoms with Crippen LogP contribution >= 0.6 is 0 Å². The van der Waals surface area contributed by atoms with E-state index in [0.29, 0.717) is 24.5 Å². The van der Waals surface area contributed by atoms with Crippen LogP contribution < -0.4 is 9.47 Å². The SMILES string of the molecule is Cc1cccc(O)c1C(=O)N1CCC(C)(N2CCC(C(Oc3ccccn3)c3ccc(OC(F)(F)F)cc3)CC2)CC1. The van der Waals surface area contributed by atoms with Crippen LogP contribution in [-0.4, -0.2) is 63.9 Å². The molecule has 0 bridgehead atoms. The maximum absolute atomic E-state index is 13.2. The average Bonchev–Trinajstić information content (AvgIpc) is 2.96. The fourth-order valence-electron chi connectivity index (χ4n) is 6.18. The molecule has 7 nitrogen and oxygen atoms in total. The number of aromatic nitrogens is 1. The van der Waals surface area contributed by atoms with E-state index in [1.807, 2.05) is 24.0 Å². The Hall–Kier alpha value is -3.79. The Morgan fingerprint density at radius 3 is 2.29 bits per heavy atom. The number of carbonyl (C=O) groups excluding carboxylic acids is 1. The lowest BCUT2D eigenvalue weighted by Crippen LogP contribution is -2.56. The quantitative estimate of drug-likeness (QED) is 0.341. The number of piperidine rings is 2. The molecular weight excluding hydrogens is 547 g/mol. The highest BCUT2D eigenvalue weighted by molar-refractivity contribution is 5.98. The molecule has 1 aromatic heterocycles. The number of amides is 1. The van der Waals surface area contributed by atoms with E-state index < -0.39 is 6.36 Å². The van der Waals surface area contributed by atoms with Crippen LogP contribution in [0.1, 0.15) is 60.2 Å². The van der Waals surface area contributed by atoms with Crippen LogP contribution in [0, 0.1) is 12.8 Å². The second-order valence-corrected chi connectivity index (χ2v) is 11.4. The Kier molecular flexibility index (Phi) is 8.63. The van der Waals surface area contributed by atoms with Crippen LogP contribution in [0.4, 0.5) is 13.2 Å². The summed E-state index contributed by atoms with van der Waals surface area (Å²) >= 11 is 0. The molecule has 1 amide bonds. The van der Waals surface area contributed by atoms with Gasteiger partial charge in [0.15, 0.2) is 0 Å². The average molecular weight is 584 g/mol. The van der Waals surface area contributed by atoms with E-state index in [1.165, 1.54) is 12.1 Å². The lowest BCUT2D eigenvalue weighted by atomic mass is 9.82. The molecule has 0 aliphatic carbocycles. The van der Waals surface area contributed by atoms with Gasteiger partial charge in [0.25, 0.3) is 5.91 Å². The van der Waals surface area contributed by atoms with Gasteiger partial charge in [0.2, 0.25) is 5.88 Å². The van der Waals surface area contributed by atoms with E-state index in [0.717, 1.165) is 49.9 Å². The molecule has 3 aromatic rings. The third-order valence-corrected chi connectivity index (χ3v) is 8.65. The third kappa shape index (κ3) is 6.81. The number of alkyl halides is 3. The van der Waals surface area contributed by atoms with E-state index in [1.54, 1.807) is 42.6 Å². The van der Waals surface area contributed by atoms with Gasteiger partial charge in [0.1, 0.15) is 17.6 Å². The third-order valence-electron chi connectivity index (χ3n) is 8.65. The highest BCUT2D eigenvalue weighted by atomic mass is 19.4. The smallest absolute Gasteiger partial charge is 0.507 e. The van der Waals surface area contributed by atoms with Crippen molar-refractivity contribution in [3.8, 4) is 17.4 Å². The summed E-state index contributed by atoms with van der Waals surface area (Å²) in [6, 6.07) is 16.4. The fourth-order valence-corrected chi connectivity index (χ4v) is 6.18. The molecule has 10 heteroatoms. The zero-order chi connectivity index (χ0) is 29.9. The van der Waals surface area contributed by atoms with Crippen LogP contribution in [0.3, 0.4) is 0 Å². The normalized spacial score (nSPS) is 18.8. The summed E-state index contributed by atoms with van der Waals surface area (Å²) in [7, 11) is 0. The minimum atomic E-state index is -4.75. The summed E-state index contributed by atoms with van der Waals surface area (Å²) in [5, 5.41) is 10.3. The molecule has 42 heavy (non-hydrogen) atoms. The van der Waals surface area contributed by atoms with E-state index in [9.17, 15) is 23.1 Å². The predicted molar refractivity (Wildman–Crippen MR) is 151 cm³/mol. The van der Waals surface area contributed by atoms with E-state index in [2.05, 4.69) is 21.5 Å². The first kappa shape index (κ1) is 29.7. The Morgan fingerprint density at radius 2 is 1.69 bits per heavy atom. The van der Waals surface area contributed by atoms with Crippen molar-refractivity contribution >= 4 is 5.91 Å². The lowest BCUT2D eigenvalue weighted by molar-refractivity contribution is -0.274. The predicted octanol–water partition coefficient (Wildman–Crippen LogP) is 6.52. The largest absolute Gasteiger partial charge is 0.573 e. The van der Waals surface area contributed by atoms with Crippen molar-refractivity contribution in [1.82, 2.24) is 14.8 Å². The number of aryl methyl sites for hydroxylation is 1. The first-order valence-corrected chi connectivity index (χ1v) is 14.3. The number of pyridine rings is 1. The minimum Gasteiger partial charge on any atom is -0.507 e. The Bertz CT molecular complexity index is 1330. The second kappa shape index (κ2) is 12.2. The van der Waals surface area contributed by atoms with Crippen molar-refractivity contribution in [2.75, 3.05) is 26.2 Å². The number of halogens is 3. The highest BCUT2D eigenvalue weighted by Gasteiger charge is 2.40. The standard InChI is InChI=1S/C32H36F3N3O4/c1-22-6-5-7-26(39)28(22)30(40)37-20-15-31(2,16-21-37)38-18-13-24(14-19-38)29(41-27-8-3-4-17-36-27)23-9-11-25(12-10-23)42-32(33,34)35/h3-12,17,24,29,39H,13-16,18-21H2,1-2H3. The van der Waals surface area contributed by atoms with Gasteiger partial charge in [-0.05, 0) is 88.0 Å². The number of phenolic OH excluding ortho intramolecular Hbond substituents is 1. The number of phenols is 1. The first-order chi connectivity index (χ1) is 20.0. The van der Waals surface area contributed by atoms with Crippen LogP contribution in [-0.2, 0) is 0 Å². The lowest BCUT2D eigenvalue weighted by Gasteiger charge is -2.49. The number of benzene rings is 2. The molecule has 1 unspecified atom stereocenters. The summed E-state index contributed by atoms with van der Waals surface area (Å²) in [4.78, 5) is 21.8. The van der Waals surface area contributed by atoms with Crippen molar-refractivity contribution in [1.29, 1.82) is 0 Å². The number of hydrogen-bond acceptors (Lipinski definition) is 6. The van der Waals surface area contributed by atoms with Gasteiger partial charge in [-0.25, -0.2) is 4.98 Å². The van der Waals surface area contributed by atoms with Gasteiger partial charge in [0, 0.05) is 36.8 Å². The molecule has 0 radical (unpaired) electrons. The molecule has 1 N–H and O–H groups in total. The van der Waals surface area contributed by atoms with Crippen molar-refractivity contribution in [3.63, 3.8) is 0 Å². The molecule has 2 aliphatic rings. The van der Waals surface area contributed by atoms with Crippen molar-refractivity contribution < 1.29 is 32.5 Å². The summed E-state index contributed by atoms with van der Waals surface area (Å²) < 4.78 is 48.4. The summed E-state index contributed by atoms with van der Waals surface area (Å²) in [5.41, 5.74) is 1.84. The van der Waals surface area contributed by atoms with Gasteiger partial charge in [-0.2, -0.15) is 0 Å². The number of aromatic hydroxyl groups is 1. The Balaban J connectivity index is 1.23. The molecule has 3 heterocycles. The maximum Gasteiger partial charge on any atom is 0.573 e. The summed E-state index contributed by atoms with van der Waals surface area (Å²) in [5.74, 6) is 0.206. The Morgan fingerprint density at radius 1 is 1.00 bits per heavy atom. The van der Waals surface area contributed by atoms with Crippen molar-refractivity contribution in [3.05, 3.63) is 83.6 Å². The van der Waals surface area contributed by atoms with Gasteiger partial charge < -0.3 is 19.5 Å². The van der Waals surface area contributed by atoms with Gasteiger partial charge in [0.05, 0.1) is 5.56 Å². The van der Waals surface area contributed by atoms with Crippen LogP contribution in [0.15, 0.2) is 66.9 Å². The van der Waals surface area contributed by atoms with Gasteiger partial charge in [-0.3, -0.25) is 9.69 Å². The summed E-state index contributed by atoms with van der Waals surface area (Å²) in [6.07, 6.45) is -0.152. The number of rotatable bonds is 7. The molecule has 5 rings (SSSR count). The number of nitrogens with zero attached hydrogens (tertiary/aromatic N) is 3. The molecule has 2 fully saturated rings. The number of carbonyl (C=O) groups is 1. The molecule has 0 spiro atoms. The first-order valence-electron chi connectivity index (χ1n) is 14.3. The van der Waals surface area contributed by atoms with Gasteiger partial charge in [-0.15, -0.1) is 13.2 Å². The fraction of sp³-hybridized carbons (Fsp3) is 0.438. The van der Waals surface area contributed by atoms with E-state index >= 15 is 0 Å². The monoisotopic (exact) mass is 583 g/mol. The van der Waals surface area contributed by atoms with Crippen molar-refractivity contribution in [2.24, 2.45) is 5.92 Å². The molecule has 224 valence electrons. The number of likely N-dealkylation sites (tertiary alicyclic amines) is 2. The topological polar surface area (TPSA) is 75.1 Å². The highest BCUT2D eigenvalue weighted by Crippen LogP contribution is 2.39. The number of ether oxygens (including phenoxy) is 2. The Labute approximate surface area is 243 Å². The zero-order valence-corrected chi connectivity index (χ0v) is 23.8. The summed E-state index contributed by atoms with van der Waals surface area (Å²) in [6.45, 7) is 6.99. The molecule has 0 saturated carbocycles. The minimum absolute atomic E-state index is 0.0143. The molecule has 2 saturated heterocycles. The van der Waals surface area contributed by atoms with Crippen LogP contribution in [0.5, 0.6) is 17.4 Å². The van der Waals surface area contributed by atoms with Crippen LogP contribution in [0.2, 0.25) is 0 Å². The second-order valence-electron chi connectivity index (χ2n) is 11.4. The molecule has 2 aromatic carbocycles.